The minimum Gasteiger partial charge on any atom is -0.398 e. The SMILES string of the molecule is Nc1cc(C=O)c(N)c2c1C(=O)c1c(N)c(C=O)cc(N)c1C2=O. The van der Waals surface area contributed by atoms with E-state index < -0.39 is 11.6 Å². The first kappa shape index (κ1) is 15.2. The molecule has 0 aliphatic heterocycles. The van der Waals surface area contributed by atoms with E-state index in [1.165, 1.54) is 12.1 Å². The van der Waals surface area contributed by atoms with Crippen LogP contribution >= 0.6 is 0 Å². The second-order valence-electron chi connectivity index (χ2n) is 5.33. The Morgan fingerprint density at radius 2 is 0.958 bits per heavy atom. The quantitative estimate of drug-likeness (QED) is 0.387. The van der Waals surface area contributed by atoms with E-state index >= 15 is 0 Å². The third-order valence-electron chi connectivity index (χ3n) is 4.02. The van der Waals surface area contributed by atoms with E-state index in [4.69, 9.17) is 22.9 Å². The normalized spacial score (nSPS) is 12.5. The van der Waals surface area contributed by atoms with Crippen molar-refractivity contribution in [3.63, 3.8) is 0 Å². The maximum absolute atomic E-state index is 12.8. The number of carbonyl (C=O) groups is 4. The summed E-state index contributed by atoms with van der Waals surface area (Å²) < 4.78 is 0. The molecule has 2 aromatic carbocycles. The lowest BCUT2D eigenvalue weighted by molar-refractivity contribution is 0.0981. The topological polar surface area (TPSA) is 172 Å². The number of ketones is 2. The first-order valence-corrected chi connectivity index (χ1v) is 6.77. The maximum atomic E-state index is 12.8. The monoisotopic (exact) mass is 324 g/mol. The molecule has 1 aliphatic rings. The van der Waals surface area contributed by atoms with Gasteiger partial charge in [-0.1, -0.05) is 0 Å². The van der Waals surface area contributed by atoms with Gasteiger partial charge in [0.15, 0.2) is 24.1 Å². The Hall–Kier alpha value is -3.68. The number of anilines is 4. The van der Waals surface area contributed by atoms with Crippen LogP contribution < -0.4 is 22.9 Å². The molecule has 0 fully saturated rings. The minimum absolute atomic E-state index is 0.00750. The highest BCUT2D eigenvalue weighted by Gasteiger charge is 2.37. The predicted molar refractivity (Wildman–Crippen MR) is 88.2 cm³/mol. The van der Waals surface area contributed by atoms with Gasteiger partial charge in [0.1, 0.15) is 0 Å². The highest BCUT2D eigenvalue weighted by Crippen LogP contribution is 2.40. The number of nitrogens with two attached hydrogens (primary N) is 4. The molecule has 2 aromatic rings. The number of hydrogen-bond donors (Lipinski definition) is 4. The van der Waals surface area contributed by atoms with Crippen LogP contribution in [-0.4, -0.2) is 24.1 Å². The number of rotatable bonds is 2. The van der Waals surface area contributed by atoms with Crippen molar-refractivity contribution in [1.82, 2.24) is 0 Å². The summed E-state index contributed by atoms with van der Waals surface area (Å²) in [5, 5.41) is 0. The minimum atomic E-state index is -0.672. The number of carbonyl (C=O) groups excluding carboxylic acids is 4. The molecule has 0 radical (unpaired) electrons. The van der Waals surface area contributed by atoms with Crippen molar-refractivity contribution in [3.8, 4) is 0 Å². The molecule has 0 heterocycles. The van der Waals surface area contributed by atoms with Crippen LogP contribution in [0.25, 0.3) is 0 Å². The van der Waals surface area contributed by atoms with Gasteiger partial charge in [-0.3, -0.25) is 19.2 Å². The Balaban J connectivity index is 2.47. The van der Waals surface area contributed by atoms with Gasteiger partial charge in [0.05, 0.1) is 33.6 Å². The zero-order chi connectivity index (χ0) is 17.8. The molecule has 8 N–H and O–H groups in total. The van der Waals surface area contributed by atoms with Crippen molar-refractivity contribution in [1.29, 1.82) is 0 Å². The average molecular weight is 324 g/mol. The van der Waals surface area contributed by atoms with Crippen molar-refractivity contribution in [3.05, 3.63) is 45.5 Å². The molecule has 0 amide bonds. The standard InChI is InChI=1S/C16H12N4O4/c17-7-1-5(3-21)13(19)11-9(7)15(23)12-10(16(11)24)8(18)2-6(4-22)14(12)20/h1-4H,17-20H2. The van der Waals surface area contributed by atoms with E-state index in [1.807, 2.05) is 0 Å². The number of benzene rings is 2. The summed E-state index contributed by atoms with van der Waals surface area (Å²) >= 11 is 0. The van der Waals surface area contributed by atoms with Crippen molar-refractivity contribution in [2.24, 2.45) is 0 Å². The van der Waals surface area contributed by atoms with Crippen LogP contribution in [0.15, 0.2) is 12.1 Å². The van der Waals surface area contributed by atoms with Gasteiger partial charge in [-0.05, 0) is 12.1 Å². The van der Waals surface area contributed by atoms with Crippen LogP contribution in [0, 0.1) is 0 Å². The van der Waals surface area contributed by atoms with Gasteiger partial charge in [0, 0.05) is 22.5 Å². The van der Waals surface area contributed by atoms with Crippen molar-refractivity contribution in [2.45, 2.75) is 0 Å². The molecule has 0 saturated carbocycles. The third-order valence-corrected chi connectivity index (χ3v) is 4.02. The molecule has 0 atom stereocenters. The Morgan fingerprint density at radius 1 is 0.625 bits per heavy atom. The van der Waals surface area contributed by atoms with Gasteiger partial charge in [-0.25, -0.2) is 0 Å². The van der Waals surface area contributed by atoms with Gasteiger partial charge < -0.3 is 22.9 Å². The molecule has 3 rings (SSSR count). The van der Waals surface area contributed by atoms with Gasteiger partial charge in [0.2, 0.25) is 0 Å². The molecule has 8 nitrogen and oxygen atoms in total. The number of fused-ring (bicyclic) bond motifs is 2. The number of hydrogen-bond acceptors (Lipinski definition) is 8. The molecule has 0 spiro atoms. The van der Waals surface area contributed by atoms with E-state index in [0.29, 0.717) is 12.6 Å². The zero-order valence-electron chi connectivity index (χ0n) is 12.3. The lowest BCUT2D eigenvalue weighted by atomic mass is 9.79. The molecule has 120 valence electrons. The fourth-order valence-electron chi connectivity index (χ4n) is 2.89. The lowest BCUT2D eigenvalue weighted by Gasteiger charge is -2.24. The molecule has 0 saturated heterocycles. The number of aldehydes is 2. The van der Waals surface area contributed by atoms with E-state index in [9.17, 15) is 19.2 Å². The average Bonchev–Trinajstić information content (AvgIpc) is 2.55. The molecule has 0 aromatic heterocycles. The van der Waals surface area contributed by atoms with Crippen LogP contribution in [0.3, 0.4) is 0 Å². The van der Waals surface area contributed by atoms with Crippen LogP contribution in [0.5, 0.6) is 0 Å². The fraction of sp³-hybridized carbons (Fsp3) is 0. The van der Waals surface area contributed by atoms with Gasteiger partial charge in [-0.15, -0.1) is 0 Å². The van der Waals surface area contributed by atoms with Crippen molar-refractivity contribution in [2.75, 3.05) is 22.9 Å². The highest BCUT2D eigenvalue weighted by molar-refractivity contribution is 6.35. The van der Waals surface area contributed by atoms with Crippen molar-refractivity contribution < 1.29 is 19.2 Å². The summed E-state index contributed by atoms with van der Waals surface area (Å²) in [6.07, 6.45) is 0.874. The lowest BCUT2D eigenvalue weighted by Crippen LogP contribution is -2.27. The summed E-state index contributed by atoms with van der Waals surface area (Å²) in [6, 6.07) is 2.42. The van der Waals surface area contributed by atoms with Crippen molar-refractivity contribution >= 4 is 46.9 Å². The summed E-state index contributed by atoms with van der Waals surface area (Å²) in [5.74, 6) is -1.34. The van der Waals surface area contributed by atoms with Crippen LogP contribution in [0.4, 0.5) is 22.7 Å². The molecular weight excluding hydrogens is 312 g/mol. The Morgan fingerprint density at radius 3 is 1.25 bits per heavy atom. The first-order chi connectivity index (χ1) is 11.3. The third kappa shape index (κ3) is 1.73. The first-order valence-electron chi connectivity index (χ1n) is 6.77. The predicted octanol–water partition coefficient (Wildman–Crippen LogP) is 0.416. The molecule has 8 heteroatoms. The Labute approximate surface area is 135 Å². The Kier molecular flexibility index (Phi) is 3.12. The summed E-state index contributed by atoms with van der Waals surface area (Å²) in [5.41, 5.74) is 22.2. The van der Waals surface area contributed by atoms with E-state index in [1.54, 1.807) is 0 Å². The van der Waals surface area contributed by atoms with Crippen LogP contribution in [0.1, 0.15) is 52.6 Å². The molecular formula is C16H12N4O4. The van der Waals surface area contributed by atoms with E-state index in [2.05, 4.69) is 0 Å². The maximum Gasteiger partial charge on any atom is 0.198 e. The number of nitrogen functional groups attached to an aromatic ring is 4. The molecule has 0 unspecified atom stereocenters. The molecule has 0 bridgehead atoms. The van der Waals surface area contributed by atoms with Gasteiger partial charge in [0.25, 0.3) is 0 Å². The zero-order valence-corrected chi connectivity index (χ0v) is 12.3. The largest absolute Gasteiger partial charge is 0.398 e. The molecule has 1 aliphatic carbocycles. The van der Waals surface area contributed by atoms with Crippen LogP contribution in [-0.2, 0) is 0 Å². The van der Waals surface area contributed by atoms with Crippen LogP contribution in [0.2, 0.25) is 0 Å². The molecule has 24 heavy (non-hydrogen) atoms. The fourth-order valence-corrected chi connectivity index (χ4v) is 2.89. The van der Waals surface area contributed by atoms with Gasteiger partial charge in [-0.2, -0.15) is 0 Å². The summed E-state index contributed by atoms with van der Waals surface area (Å²) in [4.78, 5) is 47.9. The van der Waals surface area contributed by atoms with E-state index in [0.717, 1.165) is 0 Å². The second-order valence-corrected chi connectivity index (χ2v) is 5.33. The summed E-state index contributed by atoms with van der Waals surface area (Å²) in [6.45, 7) is 0. The smallest absolute Gasteiger partial charge is 0.198 e. The summed E-state index contributed by atoms with van der Waals surface area (Å²) in [7, 11) is 0. The van der Waals surface area contributed by atoms with Gasteiger partial charge >= 0.3 is 0 Å². The second kappa shape index (κ2) is 4.92. The van der Waals surface area contributed by atoms with E-state index in [-0.39, 0.29) is 56.1 Å². The Bertz CT molecular complexity index is 900. The highest BCUT2D eigenvalue weighted by atomic mass is 16.1.